The molecule has 0 saturated heterocycles. The molecule has 0 unspecified atom stereocenters. The summed E-state index contributed by atoms with van der Waals surface area (Å²) >= 11 is 0. The molecule has 2 aromatic carbocycles. The van der Waals surface area contributed by atoms with Crippen molar-refractivity contribution in [2.24, 2.45) is 0 Å². The topological polar surface area (TPSA) is 88.2 Å². The van der Waals surface area contributed by atoms with E-state index in [-0.39, 0.29) is 24.1 Å². The molecule has 1 amide bonds. The molecule has 0 aliphatic heterocycles. The van der Waals surface area contributed by atoms with Crippen LogP contribution in [0.25, 0.3) is 11.5 Å². The number of nitrogens with one attached hydrogen (secondary N) is 1. The lowest BCUT2D eigenvalue weighted by Gasteiger charge is -2.04. The van der Waals surface area contributed by atoms with E-state index in [0.717, 1.165) is 5.56 Å². The summed E-state index contributed by atoms with van der Waals surface area (Å²) in [6.07, 6.45) is -0.717. The van der Waals surface area contributed by atoms with Crippen LogP contribution in [-0.4, -0.2) is 11.1 Å². The van der Waals surface area contributed by atoms with E-state index in [2.05, 4.69) is 10.3 Å². The van der Waals surface area contributed by atoms with Crippen LogP contribution in [0.2, 0.25) is 0 Å². The summed E-state index contributed by atoms with van der Waals surface area (Å²) in [4.78, 5) is 15.9. The van der Waals surface area contributed by atoms with Gasteiger partial charge in [-0.15, -0.1) is 0 Å². The first-order chi connectivity index (χ1) is 11.8. The summed E-state index contributed by atoms with van der Waals surface area (Å²) < 4.78 is 10.6. The fourth-order valence-corrected chi connectivity index (χ4v) is 2.04. The van der Waals surface area contributed by atoms with Gasteiger partial charge in [0.05, 0.1) is 0 Å². The largest absolute Gasteiger partial charge is 0.444 e. The van der Waals surface area contributed by atoms with E-state index >= 15 is 0 Å². The first-order valence-electron chi connectivity index (χ1n) is 7.20. The number of carbonyl (C=O) groups is 1. The van der Waals surface area contributed by atoms with Gasteiger partial charge in [0.25, 0.3) is 0 Å². The second-order valence-corrected chi connectivity index (χ2v) is 4.86. The fraction of sp³-hybridized carbons (Fsp3) is 0.0556. The van der Waals surface area contributed by atoms with Gasteiger partial charge in [0.15, 0.2) is 0 Å². The monoisotopic (exact) mass is 319 g/mol. The molecule has 0 fully saturated rings. The highest BCUT2D eigenvalue weighted by molar-refractivity contribution is 5.84. The van der Waals surface area contributed by atoms with Crippen molar-refractivity contribution in [3.05, 3.63) is 71.9 Å². The Kier molecular flexibility index (Phi) is 4.54. The van der Waals surface area contributed by atoms with Crippen LogP contribution in [0.5, 0.6) is 0 Å². The van der Waals surface area contributed by atoms with Crippen LogP contribution in [0.1, 0.15) is 11.3 Å². The molecule has 0 radical (unpaired) electrons. The Morgan fingerprint density at radius 2 is 1.79 bits per heavy atom. The zero-order chi connectivity index (χ0) is 16.8. The van der Waals surface area contributed by atoms with E-state index in [1.54, 1.807) is 12.1 Å². The molecule has 6 nitrogen and oxygen atoms in total. The van der Waals surface area contributed by atoms with Crippen LogP contribution in [0.3, 0.4) is 0 Å². The fourth-order valence-electron chi connectivity index (χ4n) is 2.04. The number of rotatable bonds is 4. The van der Waals surface area contributed by atoms with Gasteiger partial charge in [0.1, 0.15) is 12.7 Å². The summed E-state index contributed by atoms with van der Waals surface area (Å²) in [5.74, 6) is 0.222. The number of amides is 1. The highest BCUT2D eigenvalue weighted by Crippen LogP contribution is 2.25. The minimum Gasteiger partial charge on any atom is -0.444 e. The maximum atomic E-state index is 11.9. The summed E-state index contributed by atoms with van der Waals surface area (Å²) in [6, 6.07) is 20.3. The number of nitrogens with zero attached hydrogens (tertiary/aromatic N) is 2. The zero-order valence-corrected chi connectivity index (χ0v) is 12.6. The number of anilines is 1. The molecule has 1 N–H and O–H groups in total. The maximum absolute atomic E-state index is 11.9. The Morgan fingerprint density at radius 1 is 1.12 bits per heavy atom. The first kappa shape index (κ1) is 15.3. The Balaban J connectivity index is 1.69. The third-order valence-electron chi connectivity index (χ3n) is 3.18. The Morgan fingerprint density at radius 3 is 2.46 bits per heavy atom. The van der Waals surface area contributed by atoms with Gasteiger partial charge in [-0.3, -0.25) is 5.32 Å². The second-order valence-electron chi connectivity index (χ2n) is 4.86. The van der Waals surface area contributed by atoms with Crippen LogP contribution in [-0.2, 0) is 11.3 Å². The van der Waals surface area contributed by atoms with E-state index < -0.39 is 6.09 Å². The molecule has 0 bridgehead atoms. The Labute approximate surface area is 138 Å². The standard InChI is InChI=1S/C18H13N3O3/c19-11-15-17(24-16(20-15)14-9-5-2-6-10-14)21-18(22)23-12-13-7-3-1-4-8-13/h1-10H,12H2,(H,21,22). The van der Waals surface area contributed by atoms with E-state index in [0.29, 0.717) is 5.56 Å². The number of nitriles is 1. The third-order valence-corrected chi connectivity index (χ3v) is 3.18. The van der Waals surface area contributed by atoms with E-state index in [1.807, 2.05) is 54.6 Å². The number of carbonyl (C=O) groups excluding carboxylic acids is 1. The zero-order valence-electron chi connectivity index (χ0n) is 12.6. The van der Waals surface area contributed by atoms with Crippen molar-refractivity contribution < 1.29 is 13.9 Å². The lowest BCUT2D eigenvalue weighted by Crippen LogP contribution is -2.13. The molecule has 6 heteroatoms. The van der Waals surface area contributed by atoms with Crippen molar-refractivity contribution >= 4 is 12.0 Å². The molecule has 0 aliphatic rings. The van der Waals surface area contributed by atoms with E-state index in [9.17, 15) is 4.79 Å². The molecule has 3 rings (SSSR count). The average Bonchev–Trinajstić information content (AvgIpc) is 3.04. The minimum atomic E-state index is -0.717. The van der Waals surface area contributed by atoms with Gasteiger partial charge in [-0.1, -0.05) is 48.5 Å². The number of aromatic nitrogens is 1. The number of oxazole rings is 1. The quantitative estimate of drug-likeness (QED) is 0.786. The van der Waals surface area contributed by atoms with E-state index in [4.69, 9.17) is 14.4 Å². The number of hydrogen-bond acceptors (Lipinski definition) is 5. The molecular weight excluding hydrogens is 306 g/mol. The van der Waals surface area contributed by atoms with Crippen molar-refractivity contribution in [3.63, 3.8) is 0 Å². The third kappa shape index (κ3) is 3.59. The molecule has 0 saturated carbocycles. The van der Waals surface area contributed by atoms with Gasteiger partial charge in [-0.2, -0.15) is 10.2 Å². The molecule has 0 atom stereocenters. The smallest absolute Gasteiger partial charge is 0.414 e. The van der Waals surface area contributed by atoms with Crippen molar-refractivity contribution in [2.45, 2.75) is 6.61 Å². The van der Waals surface area contributed by atoms with Crippen LogP contribution in [0.4, 0.5) is 10.7 Å². The Bertz CT molecular complexity index is 868. The molecule has 1 aromatic heterocycles. The predicted molar refractivity (Wildman–Crippen MR) is 86.9 cm³/mol. The normalized spacial score (nSPS) is 9.96. The molecule has 0 aliphatic carbocycles. The summed E-state index contributed by atoms with van der Waals surface area (Å²) in [5, 5.41) is 11.5. The van der Waals surface area contributed by atoms with Gasteiger partial charge in [0.2, 0.25) is 17.5 Å². The highest BCUT2D eigenvalue weighted by atomic mass is 16.6. The number of benzene rings is 2. The van der Waals surface area contributed by atoms with Gasteiger partial charge in [0, 0.05) is 5.56 Å². The van der Waals surface area contributed by atoms with Crippen molar-refractivity contribution in [3.8, 4) is 17.5 Å². The van der Waals surface area contributed by atoms with Gasteiger partial charge >= 0.3 is 6.09 Å². The van der Waals surface area contributed by atoms with Crippen LogP contribution in [0.15, 0.2) is 65.1 Å². The van der Waals surface area contributed by atoms with Crippen molar-refractivity contribution in [2.75, 3.05) is 5.32 Å². The second kappa shape index (κ2) is 7.11. The van der Waals surface area contributed by atoms with Gasteiger partial charge in [-0.05, 0) is 17.7 Å². The summed E-state index contributed by atoms with van der Waals surface area (Å²) in [5.41, 5.74) is 1.56. The van der Waals surface area contributed by atoms with Crippen molar-refractivity contribution in [1.82, 2.24) is 4.98 Å². The molecule has 118 valence electrons. The molecule has 3 aromatic rings. The van der Waals surface area contributed by atoms with Crippen LogP contribution < -0.4 is 5.32 Å². The van der Waals surface area contributed by atoms with Gasteiger partial charge in [-0.25, -0.2) is 4.79 Å². The predicted octanol–water partition coefficient (Wildman–Crippen LogP) is 3.96. The molecular formula is C18H13N3O3. The van der Waals surface area contributed by atoms with Crippen LogP contribution in [0, 0.1) is 11.3 Å². The number of ether oxygens (including phenoxy) is 1. The summed E-state index contributed by atoms with van der Waals surface area (Å²) in [7, 11) is 0. The van der Waals surface area contributed by atoms with Crippen LogP contribution >= 0.6 is 0 Å². The lowest BCUT2D eigenvalue weighted by atomic mass is 10.2. The minimum absolute atomic E-state index is 0.00878. The van der Waals surface area contributed by atoms with E-state index in [1.165, 1.54) is 0 Å². The summed E-state index contributed by atoms with van der Waals surface area (Å²) in [6.45, 7) is 0.119. The molecule has 0 spiro atoms. The molecule has 24 heavy (non-hydrogen) atoms. The molecule has 1 heterocycles. The van der Waals surface area contributed by atoms with Gasteiger partial charge < -0.3 is 9.15 Å². The first-order valence-corrected chi connectivity index (χ1v) is 7.20. The SMILES string of the molecule is N#Cc1nc(-c2ccccc2)oc1NC(=O)OCc1ccccc1. The number of hydrogen-bond donors (Lipinski definition) is 1. The Hall–Kier alpha value is -3.59. The highest BCUT2D eigenvalue weighted by Gasteiger charge is 2.17. The average molecular weight is 319 g/mol. The lowest BCUT2D eigenvalue weighted by molar-refractivity contribution is 0.154. The van der Waals surface area contributed by atoms with Crippen molar-refractivity contribution in [1.29, 1.82) is 5.26 Å². The maximum Gasteiger partial charge on any atom is 0.414 e.